The van der Waals surface area contributed by atoms with Gasteiger partial charge in [0, 0.05) is 0 Å². The molecule has 0 saturated carbocycles. The zero-order valence-electron chi connectivity index (χ0n) is 9.48. The van der Waals surface area contributed by atoms with Crippen molar-refractivity contribution in [2.24, 2.45) is 0 Å². The first-order chi connectivity index (χ1) is 8.83. The molecule has 0 atom stereocenters. The predicted octanol–water partition coefficient (Wildman–Crippen LogP) is 4.86. The van der Waals surface area contributed by atoms with E-state index in [1.165, 1.54) is 30.1 Å². The summed E-state index contributed by atoms with van der Waals surface area (Å²) in [6, 6.07) is 19.3. The topological polar surface area (TPSA) is 0 Å². The Kier molecular flexibility index (Phi) is 2.28. The zero-order valence-corrected chi connectivity index (χ0v) is 12.0. The average Bonchev–Trinajstić information content (AvgIpc) is 2.78. The molecule has 4 rings (SSSR count). The maximum absolute atomic E-state index is 6.14. The van der Waals surface area contributed by atoms with E-state index in [0.717, 1.165) is 5.02 Å². The van der Waals surface area contributed by atoms with Gasteiger partial charge in [-0.2, -0.15) is 0 Å². The van der Waals surface area contributed by atoms with E-state index >= 15 is 0 Å². The van der Waals surface area contributed by atoms with Crippen LogP contribution in [0.5, 0.6) is 0 Å². The molecule has 4 aromatic rings. The molecule has 0 fully saturated rings. The molecule has 0 aliphatic carbocycles. The van der Waals surface area contributed by atoms with Gasteiger partial charge in [0.2, 0.25) is 0 Å². The van der Waals surface area contributed by atoms with E-state index in [-0.39, 0.29) is 0 Å². The maximum atomic E-state index is 6.14. The fraction of sp³-hybridized carbons (Fsp3) is 0. The van der Waals surface area contributed by atoms with Crippen LogP contribution in [0.25, 0.3) is 30.1 Å². The van der Waals surface area contributed by atoms with Crippen LogP contribution < -0.4 is 0 Å². The van der Waals surface area contributed by atoms with Crippen molar-refractivity contribution in [2.75, 3.05) is 0 Å². The van der Waals surface area contributed by atoms with Crippen molar-refractivity contribution < 1.29 is 0 Å². The van der Waals surface area contributed by atoms with Crippen molar-refractivity contribution in [2.45, 2.75) is 0 Å². The summed E-state index contributed by atoms with van der Waals surface area (Å²) in [7, 11) is 0. The van der Waals surface area contributed by atoms with Crippen molar-refractivity contribution in [3.05, 3.63) is 59.6 Å². The van der Waals surface area contributed by atoms with Gasteiger partial charge in [0.1, 0.15) is 0 Å². The normalized spacial score (nSPS) is 11.6. The van der Waals surface area contributed by atoms with Gasteiger partial charge in [-0.15, -0.1) is 0 Å². The SMILES string of the molecule is Clc1ccc2ccc3c4ccccc4[se]c3c2c1. The van der Waals surface area contributed by atoms with Crippen LogP contribution in [-0.4, -0.2) is 14.5 Å². The average molecular weight is 316 g/mol. The Morgan fingerprint density at radius 2 is 1.61 bits per heavy atom. The van der Waals surface area contributed by atoms with Crippen molar-refractivity contribution >= 4 is 56.2 Å². The van der Waals surface area contributed by atoms with Gasteiger partial charge >= 0.3 is 116 Å². The minimum atomic E-state index is 0.399. The summed E-state index contributed by atoms with van der Waals surface area (Å²) in [4.78, 5) is 0. The second-order valence-corrected chi connectivity index (χ2v) is 7.05. The summed E-state index contributed by atoms with van der Waals surface area (Å²) in [5.74, 6) is 0. The van der Waals surface area contributed by atoms with E-state index in [0.29, 0.717) is 14.5 Å². The molecular weight excluding hydrogens is 307 g/mol. The summed E-state index contributed by atoms with van der Waals surface area (Å²) in [5, 5.41) is 6.21. The van der Waals surface area contributed by atoms with Crippen molar-refractivity contribution in [1.82, 2.24) is 0 Å². The Balaban J connectivity index is 2.31. The third-order valence-corrected chi connectivity index (χ3v) is 6.12. The van der Waals surface area contributed by atoms with Gasteiger partial charge in [-0.1, -0.05) is 0 Å². The minimum absolute atomic E-state index is 0.399. The van der Waals surface area contributed by atoms with Crippen molar-refractivity contribution in [3.63, 3.8) is 0 Å². The molecule has 0 spiro atoms. The fourth-order valence-electron chi connectivity index (χ4n) is 2.47. The molecule has 1 heterocycles. The molecule has 0 amide bonds. The second kappa shape index (κ2) is 3.86. The summed E-state index contributed by atoms with van der Waals surface area (Å²) in [6.45, 7) is 0. The Bertz CT molecular complexity index is 889. The Morgan fingerprint density at radius 1 is 0.778 bits per heavy atom. The number of rotatable bonds is 0. The third-order valence-electron chi connectivity index (χ3n) is 3.32. The van der Waals surface area contributed by atoms with E-state index in [4.69, 9.17) is 11.6 Å². The van der Waals surface area contributed by atoms with Crippen LogP contribution in [0.1, 0.15) is 0 Å². The number of hydrogen-bond acceptors (Lipinski definition) is 0. The predicted molar refractivity (Wildman–Crippen MR) is 80.9 cm³/mol. The van der Waals surface area contributed by atoms with Crippen LogP contribution in [0.15, 0.2) is 54.6 Å². The summed E-state index contributed by atoms with van der Waals surface area (Å²) in [6.07, 6.45) is 0. The molecule has 0 saturated heterocycles. The van der Waals surface area contributed by atoms with E-state index < -0.39 is 0 Å². The Labute approximate surface area is 116 Å². The first-order valence-electron chi connectivity index (χ1n) is 5.82. The third kappa shape index (κ3) is 1.45. The molecule has 1 aromatic heterocycles. The van der Waals surface area contributed by atoms with Crippen LogP contribution in [0.3, 0.4) is 0 Å². The van der Waals surface area contributed by atoms with Crippen LogP contribution in [0.2, 0.25) is 5.02 Å². The van der Waals surface area contributed by atoms with Crippen LogP contribution in [0.4, 0.5) is 0 Å². The van der Waals surface area contributed by atoms with Gasteiger partial charge in [-0.05, 0) is 0 Å². The monoisotopic (exact) mass is 316 g/mol. The van der Waals surface area contributed by atoms with E-state index in [2.05, 4.69) is 48.5 Å². The van der Waals surface area contributed by atoms with Gasteiger partial charge in [-0.3, -0.25) is 0 Å². The van der Waals surface area contributed by atoms with Crippen molar-refractivity contribution in [1.29, 1.82) is 0 Å². The Hall–Kier alpha value is -1.27. The summed E-state index contributed by atoms with van der Waals surface area (Å²) >= 11 is 6.54. The van der Waals surface area contributed by atoms with Crippen LogP contribution >= 0.6 is 11.6 Å². The number of halogens is 1. The molecule has 3 aromatic carbocycles. The fourth-order valence-corrected chi connectivity index (χ4v) is 5.23. The molecular formula is C16H9ClSe. The number of benzene rings is 3. The standard InChI is InChI=1S/C16H9ClSe/c17-11-7-5-10-6-8-13-12-3-1-2-4-15(12)18-16(13)14(10)9-11/h1-9H. The van der Waals surface area contributed by atoms with Gasteiger partial charge in [-0.25, -0.2) is 0 Å². The summed E-state index contributed by atoms with van der Waals surface area (Å²) < 4.78 is 2.95. The molecule has 0 nitrogen and oxygen atoms in total. The van der Waals surface area contributed by atoms with Gasteiger partial charge < -0.3 is 0 Å². The molecule has 0 unspecified atom stereocenters. The number of fused-ring (bicyclic) bond motifs is 5. The molecule has 18 heavy (non-hydrogen) atoms. The molecule has 0 radical (unpaired) electrons. The molecule has 0 aliphatic rings. The van der Waals surface area contributed by atoms with Crippen LogP contribution in [0, 0.1) is 0 Å². The summed E-state index contributed by atoms with van der Waals surface area (Å²) in [5.41, 5.74) is 0. The molecule has 2 heteroatoms. The molecule has 86 valence electrons. The van der Waals surface area contributed by atoms with Gasteiger partial charge in [0.25, 0.3) is 0 Å². The van der Waals surface area contributed by atoms with E-state index in [1.807, 2.05) is 6.07 Å². The first-order valence-corrected chi connectivity index (χ1v) is 7.91. The number of hydrogen-bond donors (Lipinski definition) is 0. The molecule has 0 aliphatic heterocycles. The van der Waals surface area contributed by atoms with Crippen molar-refractivity contribution in [3.8, 4) is 0 Å². The second-order valence-electron chi connectivity index (χ2n) is 4.41. The molecule has 0 N–H and O–H groups in total. The van der Waals surface area contributed by atoms with Crippen LogP contribution in [-0.2, 0) is 0 Å². The van der Waals surface area contributed by atoms with E-state index in [9.17, 15) is 0 Å². The Morgan fingerprint density at radius 3 is 2.56 bits per heavy atom. The van der Waals surface area contributed by atoms with Gasteiger partial charge in [0.15, 0.2) is 0 Å². The van der Waals surface area contributed by atoms with Gasteiger partial charge in [0.05, 0.1) is 0 Å². The molecule has 0 bridgehead atoms. The van der Waals surface area contributed by atoms with E-state index in [1.54, 1.807) is 0 Å². The zero-order chi connectivity index (χ0) is 12.1. The first kappa shape index (κ1) is 10.6. The quantitative estimate of drug-likeness (QED) is 0.407.